The molecule has 20 heavy (non-hydrogen) atoms. The quantitative estimate of drug-likeness (QED) is 0.888. The van der Waals surface area contributed by atoms with Crippen molar-refractivity contribution in [3.8, 4) is 0 Å². The summed E-state index contributed by atoms with van der Waals surface area (Å²) in [6, 6.07) is 0.881. The Labute approximate surface area is 120 Å². The molecule has 1 aliphatic heterocycles. The zero-order valence-corrected chi connectivity index (χ0v) is 12.5. The second-order valence-electron chi connectivity index (χ2n) is 6.17. The van der Waals surface area contributed by atoms with E-state index in [2.05, 4.69) is 39.4 Å². The Morgan fingerprint density at radius 2 is 2.05 bits per heavy atom. The molecule has 0 aromatic carbocycles. The molecular weight excluding hydrogens is 254 g/mol. The molecule has 2 aliphatic rings. The number of hydrogen-bond acceptors (Lipinski definition) is 6. The van der Waals surface area contributed by atoms with E-state index in [0.29, 0.717) is 18.5 Å². The van der Waals surface area contributed by atoms with Gasteiger partial charge in [0, 0.05) is 25.7 Å². The van der Waals surface area contributed by atoms with Crippen molar-refractivity contribution < 1.29 is 4.52 Å². The van der Waals surface area contributed by atoms with Gasteiger partial charge in [-0.05, 0) is 26.9 Å². The Kier molecular flexibility index (Phi) is 4.33. The van der Waals surface area contributed by atoms with Gasteiger partial charge in [-0.15, -0.1) is 0 Å². The topological polar surface area (TPSA) is 57.4 Å². The molecule has 2 fully saturated rings. The van der Waals surface area contributed by atoms with Crippen LogP contribution in [0.4, 0.5) is 0 Å². The van der Waals surface area contributed by atoms with Crippen LogP contribution in [0.15, 0.2) is 4.52 Å². The van der Waals surface area contributed by atoms with E-state index in [9.17, 15) is 0 Å². The first kappa shape index (κ1) is 14.0. The summed E-state index contributed by atoms with van der Waals surface area (Å²) in [4.78, 5) is 9.19. The van der Waals surface area contributed by atoms with Crippen molar-refractivity contribution in [1.82, 2.24) is 25.3 Å². The van der Waals surface area contributed by atoms with Gasteiger partial charge in [0.1, 0.15) is 0 Å². The van der Waals surface area contributed by atoms with Crippen LogP contribution in [0.25, 0.3) is 0 Å². The number of likely N-dealkylation sites (N-methyl/N-ethyl adjacent to an activating group) is 2. The first-order valence-corrected chi connectivity index (χ1v) is 7.67. The predicted molar refractivity (Wildman–Crippen MR) is 76.3 cm³/mol. The van der Waals surface area contributed by atoms with Crippen molar-refractivity contribution in [3.05, 3.63) is 11.7 Å². The van der Waals surface area contributed by atoms with Crippen molar-refractivity contribution in [1.29, 1.82) is 0 Å². The third kappa shape index (κ3) is 3.19. The standard InChI is InChI=1S/C14H25N5O/c1-18-7-8-19(2)12(10-18)14-16-13(20-17-14)9-15-11-5-3-4-6-11/h11-12,15H,3-10H2,1-2H3. The van der Waals surface area contributed by atoms with Gasteiger partial charge in [0.05, 0.1) is 12.6 Å². The summed E-state index contributed by atoms with van der Waals surface area (Å²) in [5.74, 6) is 1.54. The normalized spacial score (nSPS) is 26.4. The number of hydrogen-bond donors (Lipinski definition) is 1. The van der Waals surface area contributed by atoms with E-state index >= 15 is 0 Å². The van der Waals surface area contributed by atoms with Gasteiger partial charge in [-0.1, -0.05) is 18.0 Å². The summed E-state index contributed by atoms with van der Waals surface area (Å²) in [6.07, 6.45) is 5.23. The summed E-state index contributed by atoms with van der Waals surface area (Å²) >= 11 is 0. The average Bonchev–Trinajstić information content (AvgIpc) is 3.10. The summed E-state index contributed by atoms with van der Waals surface area (Å²) in [5, 5.41) is 7.69. The Balaban J connectivity index is 1.57. The van der Waals surface area contributed by atoms with Gasteiger partial charge in [0.2, 0.25) is 5.89 Å². The molecule has 1 N–H and O–H groups in total. The van der Waals surface area contributed by atoms with Gasteiger partial charge >= 0.3 is 0 Å². The van der Waals surface area contributed by atoms with Crippen LogP contribution in [-0.2, 0) is 6.54 Å². The Morgan fingerprint density at radius 1 is 1.25 bits per heavy atom. The molecule has 6 heteroatoms. The monoisotopic (exact) mass is 279 g/mol. The summed E-state index contributed by atoms with van der Waals surface area (Å²) in [5.41, 5.74) is 0. The lowest BCUT2D eigenvalue weighted by Crippen LogP contribution is -2.45. The number of nitrogens with one attached hydrogen (secondary N) is 1. The van der Waals surface area contributed by atoms with E-state index < -0.39 is 0 Å². The molecule has 112 valence electrons. The van der Waals surface area contributed by atoms with E-state index in [1.807, 2.05) is 0 Å². The van der Waals surface area contributed by atoms with Crippen molar-refractivity contribution in [2.24, 2.45) is 0 Å². The van der Waals surface area contributed by atoms with Gasteiger partial charge in [-0.25, -0.2) is 0 Å². The third-order valence-electron chi connectivity index (χ3n) is 4.53. The van der Waals surface area contributed by atoms with Gasteiger partial charge in [0.25, 0.3) is 0 Å². The van der Waals surface area contributed by atoms with Crippen LogP contribution >= 0.6 is 0 Å². The van der Waals surface area contributed by atoms with E-state index in [-0.39, 0.29) is 6.04 Å². The molecular formula is C14H25N5O. The molecule has 3 rings (SSSR count). The highest BCUT2D eigenvalue weighted by molar-refractivity contribution is 4.98. The van der Waals surface area contributed by atoms with Gasteiger partial charge in [0.15, 0.2) is 5.82 Å². The van der Waals surface area contributed by atoms with Gasteiger partial charge in [-0.3, -0.25) is 4.90 Å². The van der Waals surface area contributed by atoms with Crippen LogP contribution in [0, 0.1) is 0 Å². The molecule has 1 saturated carbocycles. The largest absolute Gasteiger partial charge is 0.338 e. The van der Waals surface area contributed by atoms with E-state index in [0.717, 1.165) is 25.5 Å². The minimum Gasteiger partial charge on any atom is -0.338 e. The molecule has 1 aliphatic carbocycles. The van der Waals surface area contributed by atoms with Gasteiger partial charge < -0.3 is 14.7 Å². The molecule has 1 aromatic rings. The second kappa shape index (κ2) is 6.20. The zero-order valence-electron chi connectivity index (χ0n) is 12.5. The Morgan fingerprint density at radius 3 is 2.85 bits per heavy atom. The minimum atomic E-state index is 0.248. The molecule has 0 bridgehead atoms. The van der Waals surface area contributed by atoms with Gasteiger partial charge in [-0.2, -0.15) is 4.98 Å². The van der Waals surface area contributed by atoms with Crippen molar-refractivity contribution in [3.63, 3.8) is 0 Å². The van der Waals surface area contributed by atoms with Crippen LogP contribution in [0.2, 0.25) is 0 Å². The number of piperazine rings is 1. The van der Waals surface area contributed by atoms with Crippen LogP contribution in [0.3, 0.4) is 0 Å². The molecule has 1 unspecified atom stereocenters. The van der Waals surface area contributed by atoms with E-state index in [1.54, 1.807) is 0 Å². The fourth-order valence-corrected chi connectivity index (χ4v) is 3.13. The summed E-state index contributed by atoms with van der Waals surface area (Å²) in [6.45, 7) is 3.81. The molecule has 6 nitrogen and oxygen atoms in total. The Hall–Kier alpha value is -0.980. The minimum absolute atomic E-state index is 0.248. The van der Waals surface area contributed by atoms with Crippen LogP contribution < -0.4 is 5.32 Å². The zero-order chi connectivity index (χ0) is 13.9. The van der Waals surface area contributed by atoms with Crippen LogP contribution in [0.1, 0.15) is 43.4 Å². The van der Waals surface area contributed by atoms with Crippen molar-refractivity contribution in [2.75, 3.05) is 33.7 Å². The number of nitrogens with zero attached hydrogens (tertiary/aromatic N) is 4. The summed E-state index contributed by atoms with van der Waals surface area (Å²) in [7, 11) is 4.27. The van der Waals surface area contributed by atoms with E-state index in [4.69, 9.17) is 4.52 Å². The van der Waals surface area contributed by atoms with Crippen LogP contribution in [0.5, 0.6) is 0 Å². The predicted octanol–water partition coefficient (Wildman–Crippen LogP) is 1.02. The fraction of sp³-hybridized carbons (Fsp3) is 0.857. The molecule has 1 aromatic heterocycles. The molecule has 2 heterocycles. The number of aromatic nitrogens is 2. The first-order valence-electron chi connectivity index (χ1n) is 7.67. The first-order chi connectivity index (χ1) is 9.72. The molecule has 0 amide bonds. The highest BCUT2D eigenvalue weighted by Gasteiger charge is 2.28. The lowest BCUT2D eigenvalue weighted by atomic mass is 10.2. The Bertz CT molecular complexity index is 429. The highest BCUT2D eigenvalue weighted by atomic mass is 16.5. The molecule has 0 radical (unpaired) electrons. The van der Waals surface area contributed by atoms with Crippen molar-refractivity contribution >= 4 is 0 Å². The van der Waals surface area contributed by atoms with Crippen molar-refractivity contribution in [2.45, 2.75) is 44.3 Å². The lowest BCUT2D eigenvalue weighted by molar-refractivity contribution is 0.108. The fourth-order valence-electron chi connectivity index (χ4n) is 3.13. The smallest absolute Gasteiger partial charge is 0.240 e. The maximum absolute atomic E-state index is 5.39. The van der Waals surface area contributed by atoms with E-state index in [1.165, 1.54) is 25.7 Å². The third-order valence-corrected chi connectivity index (χ3v) is 4.53. The maximum atomic E-state index is 5.39. The summed E-state index contributed by atoms with van der Waals surface area (Å²) < 4.78 is 5.39. The number of rotatable bonds is 4. The highest BCUT2D eigenvalue weighted by Crippen LogP contribution is 2.21. The molecule has 1 saturated heterocycles. The molecule has 0 spiro atoms. The van der Waals surface area contributed by atoms with Crippen LogP contribution in [-0.4, -0.2) is 59.7 Å². The maximum Gasteiger partial charge on any atom is 0.240 e. The average molecular weight is 279 g/mol. The lowest BCUT2D eigenvalue weighted by Gasteiger charge is -2.35. The SMILES string of the molecule is CN1CCN(C)C(c2noc(CNC3CCCC3)n2)C1. The molecule has 1 atom stereocenters. The second-order valence-corrected chi connectivity index (χ2v) is 6.17.